The molecule has 1 atom stereocenters. The van der Waals surface area contributed by atoms with Crippen molar-refractivity contribution in [3.63, 3.8) is 0 Å². The number of nitrogens with zero attached hydrogens (tertiary/aromatic N) is 1. The van der Waals surface area contributed by atoms with E-state index in [1.165, 1.54) is 6.26 Å². The third-order valence-electron chi connectivity index (χ3n) is 3.46. The maximum atomic E-state index is 12.0. The van der Waals surface area contributed by atoms with Gasteiger partial charge >= 0.3 is 6.03 Å². The SMILES string of the molecule is COc1cc(C(C)NC(=O)NCc2ccon2)cc(OC)c1OC. The average Bonchev–Trinajstić information content (AvgIpc) is 3.11. The van der Waals surface area contributed by atoms with E-state index in [9.17, 15) is 4.79 Å². The first kappa shape index (κ1) is 17.5. The summed E-state index contributed by atoms with van der Waals surface area (Å²) in [5, 5.41) is 9.27. The molecule has 0 aliphatic heterocycles. The van der Waals surface area contributed by atoms with E-state index in [2.05, 4.69) is 15.8 Å². The summed E-state index contributed by atoms with van der Waals surface area (Å²) in [5.41, 5.74) is 1.46. The van der Waals surface area contributed by atoms with Crippen molar-refractivity contribution in [3.8, 4) is 17.2 Å². The normalized spacial score (nSPS) is 11.5. The lowest BCUT2D eigenvalue weighted by molar-refractivity contribution is 0.237. The van der Waals surface area contributed by atoms with Gasteiger partial charge < -0.3 is 29.4 Å². The topological polar surface area (TPSA) is 94.9 Å². The molecule has 0 aliphatic rings. The zero-order chi connectivity index (χ0) is 17.5. The molecule has 0 bridgehead atoms. The fraction of sp³-hybridized carbons (Fsp3) is 0.375. The third-order valence-corrected chi connectivity index (χ3v) is 3.46. The van der Waals surface area contributed by atoms with Crippen LogP contribution in [0.2, 0.25) is 0 Å². The number of nitrogens with one attached hydrogen (secondary N) is 2. The molecule has 1 heterocycles. The number of urea groups is 1. The van der Waals surface area contributed by atoms with Gasteiger partial charge in [-0.1, -0.05) is 5.16 Å². The maximum Gasteiger partial charge on any atom is 0.315 e. The number of aromatic nitrogens is 1. The molecule has 1 aromatic heterocycles. The van der Waals surface area contributed by atoms with E-state index in [1.807, 2.05) is 6.92 Å². The minimum Gasteiger partial charge on any atom is -0.493 e. The van der Waals surface area contributed by atoms with Crippen LogP contribution in [-0.4, -0.2) is 32.5 Å². The van der Waals surface area contributed by atoms with Crippen molar-refractivity contribution in [1.82, 2.24) is 15.8 Å². The Morgan fingerprint density at radius 1 is 1.21 bits per heavy atom. The molecular formula is C16H21N3O5. The predicted octanol–water partition coefficient (Wildman–Crippen LogP) is 2.26. The molecule has 0 saturated carbocycles. The van der Waals surface area contributed by atoms with Gasteiger partial charge in [0.2, 0.25) is 5.75 Å². The molecule has 0 aliphatic carbocycles. The summed E-state index contributed by atoms with van der Waals surface area (Å²) in [6, 6.07) is 4.69. The van der Waals surface area contributed by atoms with Crippen LogP contribution in [0.4, 0.5) is 4.79 Å². The van der Waals surface area contributed by atoms with E-state index >= 15 is 0 Å². The Hall–Kier alpha value is -2.90. The molecule has 0 radical (unpaired) electrons. The van der Waals surface area contributed by atoms with Crippen LogP contribution in [0.3, 0.4) is 0 Å². The van der Waals surface area contributed by atoms with Crippen LogP contribution < -0.4 is 24.8 Å². The van der Waals surface area contributed by atoms with Gasteiger partial charge in [-0.05, 0) is 24.6 Å². The van der Waals surface area contributed by atoms with Crippen LogP contribution in [0.15, 0.2) is 29.0 Å². The van der Waals surface area contributed by atoms with E-state index in [-0.39, 0.29) is 18.6 Å². The molecule has 2 amide bonds. The minimum absolute atomic E-state index is 0.268. The molecule has 0 fully saturated rings. The van der Waals surface area contributed by atoms with Crippen molar-refractivity contribution < 1.29 is 23.5 Å². The van der Waals surface area contributed by atoms with Gasteiger partial charge in [0.1, 0.15) is 12.0 Å². The zero-order valence-corrected chi connectivity index (χ0v) is 14.1. The molecule has 2 aromatic rings. The number of amides is 2. The Morgan fingerprint density at radius 3 is 2.38 bits per heavy atom. The zero-order valence-electron chi connectivity index (χ0n) is 14.1. The summed E-state index contributed by atoms with van der Waals surface area (Å²) in [7, 11) is 4.63. The molecule has 130 valence electrons. The first-order chi connectivity index (χ1) is 11.6. The lowest BCUT2D eigenvalue weighted by Gasteiger charge is -2.19. The average molecular weight is 335 g/mol. The Kier molecular flexibility index (Phi) is 5.89. The first-order valence-corrected chi connectivity index (χ1v) is 7.32. The van der Waals surface area contributed by atoms with Gasteiger partial charge in [0, 0.05) is 6.07 Å². The highest BCUT2D eigenvalue weighted by Gasteiger charge is 2.17. The number of carbonyl (C=O) groups excluding carboxylic acids is 1. The second-order valence-electron chi connectivity index (χ2n) is 5.00. The van der Waals surface area contributed by atoms with E-state index in [1.54, 1.807) is 39.5 Å². The van der Waals surface area contributed by atoms with Crippen molar-refractivity contribution in [2.75, 3.05) is 21.3 Å². The van der Waals surface area contributed by atoms with Crippen LogP contribution in [0.5, 0.6) is 17.2 Å². The summed E-state index contributed by atoms with van der Waals surface area (Å²) in [4.78, 5) is 12.0. The second-order valence-corrected chi connectivity index (χ2v) is 5.00. The molecule has 0 spiro atoms. The summed E-state index contributed by atoms with van der Waals surface area (Å²) in [6.45, 7) is 2.14. The molecular weight excluding hydrogens is 314 g/mol. The van der Waals surface area contributed by atoms with Crippen LogP contribution in [-0.2, 0) is 6.54 Å². The van der Waals surface area contributed by atoms with E-state index < -0.39 is 0 Å². The van der Waals surface area contributed by atoms with E-state index in [0.717, 1.165) is 5.56 Å². The minimum atomic E-state index is -0.320. The van der Waals surface area contributed by atoms with Gasteiger partial charge in [0.05, 0.1) is 33.9 Å². The predicted molar refractivity (Wildman–Crippen MR) is 86.4 cm³/mol. The smallest absolute Gasteiger partial charge is 0.315 e. The number of ether oxygens (including phenoxy) is 3. The van der Waals surface area contributed by atoms with Crippen LogP contribution in [0.25, 0.3) is 0 Å². The standard InChI is InChI=1S/C16H21N3O5/c1-10(18-16(20)17-9-12-5-6-24-19-12)11-7-13(21-2)15(23-4)14(8-11)22-3/h5-8,10H,9H2,1-4H3,(H2,17,18,20). The largest absolute Gasteiger partial charge is 0.493 e. The molecule has 8 heteroatoms. The van der Waals surface area contributed by atoms with Crippen molar-refractivity contribution in [3.05, 3.63) is 35.7 Å². The Labute approximate surface area is 140 Å². The summed E-state index contributed by atoms with van der Waals surface area (Å²) >= 11 is 0. The lowest BCUT2D eigenvalue weighted by Crippen LogP contribution is -2.36. The van der Waals surface area contributed by atoms with Gasteiger partial charge in [-0.25, -0.2) is 4.79 Å². The molecule has 1 unspecified atom stereocenters. The Bertz CT molecular complexity index is 647. The number of hydrogen-bond donors (Lipinski definition) is 2. The second kappa shape index (κ2) is 8.09. The molecule has 2 rings (SSSR count). The molecule has 1 aromatic carbocycles. The van der Waals surface area contributed by atoms with Gasteiger partial charge in [-0.15, -0.1) is 0 Å². The number of hydrogen-bond acceptors (Lipinski definition) is 6. The maximum absolute atomic E-state index is 12.0. The molecule has 2 N–H and O–H groups in total. The van der Waals surface area contributed by atoms with Gasteiger partial charge in [0.15, 0.2) is 11.5 Å². The summed E-state index contributed by atoms with van der Waals surface area (Å²) in [5.74, 6) is 1.57. The van der Waals surface area contributed by atoms with Crippen molar-refractivity contribution in [2.45, 2.75) is 19.5 Å². The highest BCUT2D eigenvalue weighted by molar-refractivity contribution is 5.74. The highest BCUT2D eigenvalue weighted by Crippen LogP contribution is 2.39. The molecule has 8 nitrogen and oxygen atoms in total. The Morgan fingerprint density at radius 2 is 1.88 bits per heavy atom. The fourth-order valence-corrected chi connectivity index (χ4v) is 2.18. The number of methoxy groups -OCH3 is 3. The van der Waals surface area contributed by atoms with Crippen molar-refractivity contribution in [1.29, 1.82) is 0 Å². The Balaban J connectivity index is 2.05. The fourth-order valence-electron chi connectivity index (χ4n) is 2.18. The quantitative estimate of drug-likeness (QED) is 0.806. The lowest BCUT2D eigenvalue weighted by atomic mass is 10.1. The van der Waals surface area contributed by atoms with Gasteiger partial charge in [-0.2, -0.15) is 0 Å². The number of rotatable bonds is 7. The van der Waals surface area contributed by atoms with Crippen molar-refractivity contribution in [2.24, 2.45) is 0 Å². The summed E-state index contributed by atoms with van der Waals surface area (Å²) < 4.78 is 20.6. The molecule has 0 saturated heterocycles. The van der Waals surface area contributed by atoms with Crippen LogP contribution >= 0.6 is 0 Å². The monoisotopic (exact) mass is 335 g/mol. The van der Waals surface area contributed by atoms with E-state index in [0.29, 0.717) is 22.9 Å². The first-order valence-electron chi connectivity index (χ1n) is 7.32. The molecule has 24 heavy (non-hydrogen) atoms. The number of carbonyl (C=O) groups is 1. The van der Waals surface area contributed by atoms with Crippen LogP contribution in [0, 0.1) is 0 Å². The summed E-state index contributed by atoms with van der Waals surface area (Å²) in [6.07, 6.45) is 1.45. The van der Waals surface area contributed by atoms with Gasteiger partial charge in [0.25, 0.3) is 0 Å². The third kappa shape index (κ3) is 4.09. The van der Waals surface area contributed by atoms with E-state index in [4.69, 9.17) is 18.7 Å². The highest BCUT2D eigenvalue weighted by atomic mass is 16.5. The van der Waals surface area contributed by atoms with Gasteiger partial charge in [-0.3, -0.25) is 0 Å². The van der Waals surface area contributed by atoms with Crippen molar-refractivity contribution >= 4 is 6.03 Å². The van der Waals surface area contributed by atoms with Crippen LogP contribution in [0.1, 0.15) is 24.2 Å². The number of benzene rings is 1.